The lowest BCUT2D eigenvalue weighted by Crippen LogP contribution is -1.95. The van der Waals surface area contributed by atoms with Crippen LogP contribution in [0.2, 0.25) is 0 Å². The van der Waals surface area contributed by atoms with Crippen molar-refractivity contribution >= 4 is 50.3 Å². The fourth-order valence-electron chi connectivity index (χ4n) is 2.63. The van der Waals surface area contributed by atoms with Gasteiger partial charge >= 0.3 is 0 Å². The van der Waals surface area contributed by atoms with Gasteiger partial charge in [-0.25, -0.2) is 0 Å². The third-order valence-electron chi connectivity index (χ3n) is 3.92. The molecular formula is C21H22N2O2S2. The Morgan fingerprint density at radius 3 is 1.48 bits per heavy atom. The molecule has 0 saturated heterocycles. The zero-order valence-electron chi connectivity index (χ0n) is 15.3. The predicted molar refractivity (Wildman–Crippen MR) is 117 cm³/mol. The van der Waals surface area contributed by atoms with Crippen molar-refractivity contribution in [3.63, 3.8) is 0 Å². The molecule has 0 spiro atoms. The molecule has 0 aliphatic rings. The molecule has 0 unspecified atom stereocenters. The van der Waals surface area contributed by atoms with Crippen molar-refractivity contribution in [3.05, 3.63) is 57.6 Å². The maximum absolute atomic E-state index is 11.0. The first-order valence-corrected chi connectivity index (χ1v) is 9.43. The van der Waals surface area contributed by atoms with Crippen molar-refractivity contribution in [2.45, 2.75) is 30.1 Å². The quantitative estimate of drug-likeness (QED) is 0.299. The van der Waals surface area contributed by atoms with Gasteiger partial charge in [-0.1, -0.05) is 0 Å². The maximum Gasteiger partial charge on any atom is 0.151 e. The highest BCUT2D eigenvalue weighted by atomic mass is 32.1. The van der Waals surface area contributed by atoms with Crippen molar-refractivity contribution in [1.29, 1.82) is 0 Å². The van der Waals surface area contributed by atoms with Gasteiger partial charge in [-0.2, -0.15) is 0 Å². The van der Waals surface area contributed by atoms with Gasteiger partial charge in [-0.05, 0) is 55.7 Å². The number of rotatable bonds is 8. The number of thiol groups is 2. The van der Waals surface area contributed by atoms with Crippen molar-refractivity contribution in [2.24, 2.45) is 9.98 Å². The highest BCUT2D eigenvalue weighted by molar-refractivity contribution is 7.80. The van der Waals surface area contributed by atoms with Crippen molar-refractivity contribution in [2.75, 3.05) is 13.1 Å². The van der Waals surface area contributed by atoms with Gasteiger partial charge in [0.05, 0.1) is 0 Å². The maximum atomic E-state index is 11.0. The Morgan fingerprint density at radius 2 is 1.11 bits per heavy atom. The van der Waals surface area contributed by atoms with Crippen molar-refractivity contribution < 1.29 is 9.59 Å². The number of aryl methyl sites for hydroxylation is 2. The Bertz CT molecular complexity index is 832. The second-order valence-corrected chi connectivity index (χ2v) is 7.14. The van der Waals surface area contributed by atoms with Gasteiger partial charge in [-0.3, -0.25) is 19.6 Å². The van der Waals surface area contributed by atoms with Crippen LogP contribution in [-0.4, -0.2) is 38.1 Å². The summed E-state index contributed by atoms with van der Waals surface area (Å²) < 4.78 is 0. The summed E-state index contributed by atoms with van der Waals surface area (Å²) in [4.78, 5) is 32.2. The third-order valence-corrected chi connectivity index (χ3v) is 4.95. The molecule has 0 saturated carbocycles. The van der Waals surface area contributed by atoms with Crippen LogP contribution in [0.4, 0.5) is 0 Å². The molecule has 0 aliphatic heterocycles. The number of carbonyl (C=O) groups is 2. The number of nitrogens with zero attached hydrogens (tertiary/aromatic N) is 2. The molecule has 0 bridgehead atoms. The van der Waals surface area contributed by atoms with Crippen LogP contribution in [0.15, 0.2) is 44.0 Å². The summed E-state index contributed by atoms with van der Waals surface area (Å²) in [7, 11) is 0. The van der Waals surface area contributed by atoms with E-state index in [1.54, 1.807) is 24.6 Å². The lowest BCUT2D eigenvalue weighted by molar-refractivity contribution is 0.111. The van der Waals surface area contributed by atoms with Gasteiger partial charge in [0.2, 0.25) is 0 Å². The molecule has 2 aromatic rings. The van der Waals surface area contributed by atoms with Crippen LogP contribution < -0.4 is 0 Å². The van der Waals surface area contributed by atoms with Gasteiger partial charge in [0, 0.05) is 57.6 Å². The minimum atomic E-state index is 0.569. The van der Waals surface area contributed by atoms with E-state index < -0.39 is 0 Å². The van der Waals surface area contributed by atoms with Crippen LogP contribution in [0.1, 0.15) is 49.4 Å². The molecule has 0 N–H and O–H groups in total. The fraction of sp³-hybridized carbons (Fsp3) is 0.238. The smallest absolute Gasteiger partial charge is 0.151 e. The van der Waals surface area contributed by atoms with Crippen molar-refractivity contribution in [1.82, 2.24) is 0 Å². The number of benzene rings is 2. The van der Waals surface area contributed by atoms with Gasteiger partial charge < -0.3 is 0 Å². The molecule has 0 radical (unpaired) electrons. The Balaban J connectivity index is 1.91. The van der Waals surface area contributed by atoms with E-state index in [0.29, 0.717) is 34.0 Å². The molecule has 0 atom stereocenters. The van der Waals surface area contributed by atoms with Crippen LogP contribution in [0.3, 0.4) is 0 Å². The van der Waals surface area contributed by atoms with E-state index in [0.717, 1.165) is 41.2 Å². The summed E-state index contributed by atoms with van der Waals surface area (Å²) in [5, 5.41) is 0. The summed E-state index contributed by atoms with van der Waals surface area (Å²) >= 11 is 8.79. The zero-order valence-corrected chi connectivity index (χ0v) is 17.1. The molecule has 0 aliphatic carbocycles. The molecule has 0 fully saturated rings. The molecule has 2 rings (SSSR count). The molecule has 27 heavy (non-hydrogen) atoms. The lowest BCUT2D eigenvalue weighted by Gasteiger charge is -2.05. The first-order chi connectivity index (χ1) is 13.0. The summed E-state index contributed by atoms with van der Waals surface area (Å²) in [6, 6.07) is 7.51. The zero-order chi connectivity index (χ0) is 19.8. The SMILES string of the molecule is Cc1cc(C=O)c(S)c(C=NCCCN=Cc2cc(C)cc(C=O)c2S)c1. The predicted octanol–water partition coefficient (Wildman–Crippen LogP) is 4.43. The number of carbonyl (C=O) groups excluding carboxylic acids is 2. The summed E-state index contributed by atoms with van der Waals surface area (Å²) in [5.41, 5.74) is 4.81. The first kappa shape index (κ1) is 21.1. The van der Waals surface area contributed by atoms with E-state index in [1.807, 2.05) is 26.0 Å². The summed E-state index contributed by atoms with van der Waals surface area (Å²) in [6.45, 7) is 5.11. The summed E-state index contributed by atoms with van der Waals surface area (Å²) in [6.07, 6.45) is 5.88. The summed E-state index contributed by atoms with van der Waals surface area (Å²) in [5.74, 6) is 0. The first-order valence-electron chi connectivity index (χ1n) is 8.53. The highest BCUT2D eigenvalue weighted by Gasteiger charge is 2.05. The topological polar surface area (TPSA) is 58.9 Å². The van der Waals surface area contributed by atoms with E-state index >= 15 is 0 Å². The van der Waals surface area contributed by atoms with E-state index in [9.17, 15) is 9.59 Å². The number of aliphatic imine (C=N–C) groups is 2. The molecule has 6 heteroatoms. The third kappa shape index (κ3) is 5.91. The number of hydrogen-bond donors (Lipinski definition) is 2. The van der Waals surface area contributed by atoms with E-state index in [2.05, 4.69) is 35.2 Å². The Labute approximate surface area is 170 Å². The fourth-order valence-corrected chi connectivity index (χ4v) is 3.11. The minimum absolute atomic E-state index is 0.569. The lowest BCUT2D eigenvalue weighted by atomic mass is 10.1. The molecule has 2 aromatic carbocycles. The Kier molecular flexibility index (Phi) is 8.00. The second kappa shape index (κ2) is 10.2. The molecule has 0 amide bonds. The normalized spacial score (nSPS) is 11.4. The average molecular weight is 399 g/mol. The van der Waals surface area contributed by atoms with Gasteiger partial charge in [0.1, 0.15) is 0 Å². The largest absolute Gasteiger partial charge is 0.298 e. The minimum Gasteiger partial charge on any atom is -0.298 e. The van der Waals surface area contributed by atoms with Gasteiger partial charge in [-0.15, -0.1) is 25.3 Å². The monoisotopic (exact) mass is 398 g/mol. The Morgan fingerprint density at radius 1 is 0.741 bits per heavy atom. The van der Waals surface area contributed by atoms with Crippen LogP contribution in [0, 0.1) is 13.8 Å². The van der Waals surface area contributed by atoms with Crippen LogP contribution >= 0.6 is 25.3 Å². The second-order valence-electron chi connectivity index (χ2n) is 6.24. The van der Waals surface area contributed by atoms with Crippen LogP contribution in [-0.2, 0) is 0 Å². The van der Waals surface area contributed by atoms with Gasteiger partial charge in [0.15, 0.2) is 12.6 Å². The Hall–Kier alpha value is -2.18. The highest BCUT2D eigenvalue weighted by Crippen LogP contribution is 2.19. The number of aldehydes is 2. The van der Waals surface area contributed by atoms with E-state index in [1.165, 1.54) is 0 Å². The average Bonchev–Trinajstić information content (AvgIpc) is 2.65. The molecular weight excluding hydrogens is 376 g/mol. The molecule has 0 aromatic heterocycles. The number of hydrogen-bond acceptors (Lipinski definition) is 6. The van der Waals surface area contributed by atoms with Crippen molar-refractivity contribution in [3.8, 4) is 0 Å². The van der Waals surface area contributed by atoms with E-state index in [4.69, 9.17) is 0 Å². The van der Waals surface area contributed by atoms with Gasteiger partial charge in [0.25, 0.3) is 0 Å². The standard InChI is InChI=1S/C21H22N2O2S2/c1-14-6-16(20(26)18(8-14)12-24)10-22-4-3-5-23-11-17-7-15(2)9-19(13-25)21(17)27/h6-13,26-27H,3-5H2,1-2H3. The molecule has 0 heterocycles. The van der Waals surface area contributed by atoms with E-state index in [-0.39, 0.29) is 0 Å². The molecule has 140 valence electrons. The van der Waals surface area contributed by atoms with Crippen LogP contribution in [0.5, 0.6) is 0 Å². The van der Waals surface area contributed by atoms with Crippen LogP contribution in [0.25, 0.3) is 0 Å². The molecule has 4 nitrogen and oxygen atoms in total.